The molecule has 1 heterocycles. The van der Waals surface area contributed by atoms with Gasteiger partial charge in [0.05, 0.1) is 10.9 Å². The summed E-state index contributed by atoms with van der Waals surface area (Å²) in [5, 5.41) is 6.50. The number of benzene rings is 1. The highest BCUT2D eigenvalue weighted by Gasteiger charge is 2.24. The van der Waals surface area contributed by atoms with Crippen molar-refractivity contribution in [3.8, 4) is 0 Å². The van der Waals surface area contributed by atoms with E-state index in [9.17, 15) is 13.2 Å². The summed E-state index contributed by atoms with van der Waals surface area (Å²) in [6, 6.07) is 5.00. The van der Waals surface area contributed by atoms with E-state index in [-0.39, 0.29) is 29.3 Å². The molecule has 6 nitrogen and oxygen atoms in total. The molecular weight excluding hydrogens is 361 g/mol. The van der Waals surface area contributed by atoms with Gasteiger partial charge in [0.25, 0.3) is 0 Å². The Morgan fingerprint density at radius 1 is 1.35 bits per heavy atom. The third kappa shape index (κ3) is 5.93. The molecule has 0 radical (unpaired) electrons. The minimum atomic E-state index is -3.75. The average Bonchev–Trinajstić information content (AvgIpc) is 2.48. The van der Waals surface area contributed by atoms with Gasteiger partial charge in [0.1, 0.15) is 0 Å². The van der Waals surface area contributed by atoms with Crippen LogP contribution in [-0.4, -0.2) is 39.5 Å². The second-order valence-electron chi connectivity index (χ2n) is 5.35. The number of piperidine rings is 1. The Hall–Kier alpha value is -0.860. The fraction of sp³-hybridized carbons (Fsp3) is 0.500. The number of hydrogen-bond acceptors (Lipinski definition) is 4. The first-order chi connectivity index (χ1) is 10.4. The van der Waals surface area contributed by atoms with E-state index in [1.165, 1.54) is 31.2 Å². The van der Waals surface area contributed by atoms with Gasteiger partial charge in [-0.25, -0.2) is 8.42 Å². The van der Waals surface area contributed by atoms with Crippen molar-refractivity contribution in [1.82, 2.24) is 15.4 Å². The van der Waals surface area contributed by atoms with E-state index < -0.39 is 16.1 Å². The van der Waals surface area contributed by atoms with Crippen molar-refractivity contribution in [3.63, 3.8) is 0 Å². The SMILES string of the molecule is CC(NS(=O)(=O)c1ccc(Cl)cc1)C(=O)NC1CCCNC1.Cl. The summed E-state index contributed by atoms with van der Waals surface area (Å²) in [4.78, 5) is 12.2. The van der Waals surface area contributed by atoms with Crippen molar-refractivity contribution < 1.29 is 13.2 Å². The summed E-state index contributed by atoms with van der Waals surface area (Å²) in [6.45, 7) is 3.19. The third-order valence-corrected chi connectivity index (χ3v) is 5.30. The summed E-state index contributed by atoms with van der Waals surface area (Å²) in [6.07, 6.45) is 1.89. The first kappa shape index (κ1) is 20.2. The van der Waals surface area contributed by atoms with E-state index in [1.807, 2.05) is 0 Å². The van der Waals surface area contributed by atoms with Crippen molar-refractivity contribution in [3.05, 3.63) is 29.3 Å². The quantitative estimate of drug-likeness (QED) is 0.717. The molecule has 1 amide bonds. The van der Waals surface area contributed by atoms with E-state index in [4.69, 9.17) is 11.6 Å². The summed E-state index contributed by atoms with van der Waals surface area (Å²) >= 11 is 5.74. The largest absolute Gasteiger partial charge is 0.351 e. The Balaban J connectivity index is 0.00000264. The predicted octanol–water partition coefficient (Wildman–Crippen LogP) is 1.30. The molecule has 23 heavy (non-hydrogen) atoms. The van der Waals surface area contributed by atoms with Crippen molar-refractivity contribution in [2.45, 2.75) is 36.7 Å². The molecule has 9 heteroatoms. The summed E-state index contributed by atoms with van der Waals surface area (Å²) in [7, 11) is -3.75. The van der Waals surface area contributed by atoms with E-state index >= 15 is 0 Å². The van der Waals surface area contributed by atoms with E-state index in [2.05, 4.69) is 15.4 Å². The minimum absolute atomic E-state index is 0. The van der Waals surface area contributed by atoms with Gasteiger partial charge in [-0.3, -0.25) is 4.79 Å². The van der Waals surface area contributed by atoms with Gasteiger partial charge in [0.15, 0.2) is 0 Å². The molecule has 0 aliphatic carbocycles. The molecule has 0 spiro atoms. The lowest BCUT2D eigenvalue weighted by atomic mass is 10.1. The number of sulfonamides is 1. The zero-order valence-corrected chi connectivity index (χ0v) is 15.1. The second kappa shape index (κ2) is 8.84. The van der Waals surface area contributed by atoms with Crippen molar-refractivity contribution in [1.29, 1.82) is 0 Å². The first-order valence-corrected chi connectivity index (χ1v) is 9.03. The summed E-state index contributed by atoms with van der Waals surface area (Å²) < 4.78 is 26.8. The fourth-order valence-electron chi connectivity index (χ4n) is 2.27. The standard InChI is InChI=1S/C14H20ClN3O3S.ClH/c1-10(14(19)17-12-3-2-8-16-9-12)18-22(20,21)13-6-4-11(15)5-7-13;/h4-7,10,12,16,18H,2-3,8-9H2,1H3,(H,17,19);1H. The van der Waals surface area contributed by atoms with E-state index in [0.717, 1.165) is 19.4 Å². The number of carbonyl (C=O) groups is 1. The van der Waals surface area contributed by atoms with Gasteiger partial charge in [-0.15, -0.1) is 12.4 Å². The van der Waals surface area contributed by atoms with E-state index in [1.54, 1.807) is 0 Å². The zero-order valence-electron chi connectivity index (χ0n) is 12.7. The van der Waals surface area contributed by atoms with Crippen molar-refractivity contribution in [2.24, 2.45) is 0 Å². The lowest BCUT2D eigenvalue weighted by Crippen LogP contribution is -2.52. The molecule has 130 valence electrons. The molecule has 0 saturated carbocycles. The monoisotopic (exact) mass is 381 g/mol. The van der Waals surface area contributed by atoms with Gasteiger partial charge in [-0.1, -0.05) is 11.6 Å². The molecule has 1 aliphatic heterocycles. The Bertz CT molecular complexity index is 617. The Kier molecular flexibility index (Phi) is 7.76. The van der Waals surface area contributed by atoms with Crippen LogP contribution in [0.3, 0.4) is 0 Å². The number of amides is 1. The zero-order chi connectivity index (χ0) is 16.2. The molecule has 2 atom stereocenters. The minimum Gasteiger partial charge on any atom is -0.351 e. The van der Waals surface area contributed by atoms with Crippen LogP contribution >= 0.6 is 24.0 Å². The van der Waals surface area contributed by atoms with Crippen LogP contribution in [0.2, 0.25) is 5.02 Å². The number of hydrogen-bond donors (Lipinski definition) is 3. The number of carbonyl (C=O) groups excluding carboxylic acids is 1. The highest BCUT2D eigenvalue weighted by atomic mass is 35.5. The lowest BCUT2D eigenvalue weighted by molar-refractivity contribution is -0.123. The molecule has 1 aromatic rings. The fourth-order valence-corrected chi connectivity index (χ4v) is 3.60. The molecule has 1 saturated heterocycles. The summed E-state index contributed by atoms with van der Waals surface area (Å²) in [5.41, 5.74) is 0. The lowest BCUT2D eigenvalue weighted by Gasteiger charge is -2.25. The van der Waals surface area contributed by atoms with E-state index in [0.29, 0.717) is 11.6 Å². The average molecular weight is 382 g/mol. The molecule has 1 aliphatic rings. The smallest absolute Gasteiger partial charge is 0.241 e. The Morgan fingerprint density at radius 2 is 2.00 bits per heavy atom. The van der Waals surface area contributed by atoms with Gasteiger partial charge < -0.3 is 10.6 Å². The van der Waals surface area contributed by atoms with Gasteiger partial charge in [0.2, 0.25) is 15.9 Å². The highest BCUT2D eigenvalue weighted by Crippen LogP contribution is 2.14. The van der Waals surface area contributed by atoms with Crippen LogP contribution in [0.25, 0.3) is 0 Å². The Labute approximate surface area is 147 Å². The number of halogens is 2. The maximum absolute atomic E-state index is 12.2. The normalized spacial score (nSPS) is 19.5. The van der Waals surface area contributed by atoms with Crippen LogP contribution in [0.15, 0.2) is 29.2 Å². The van der Waals surface area contributed by atoms with Crippen LogP contribution < -0.4 is 15.4 Å². The van der Waals surface area contributed by atoms with Gasteiger partial charge >= 0.3 is 0 Å². The van der Waals surface area contributed by atoms with Crippen molar-refractivity contribution in [2.75, 3.05) is 13.1 Å². The molecule has 1 fully saturated rings. The molecular formula is C14H21Cl2N3O3S. The van der Waals surface area contributed by atoms with Crippen LogP contribution in [0.4, 0.5) is 0 Å². The van der Waals surface area contributed by atoms with Crippen LogP contribution in [0, 0.1) is 0 Å². The maximum Gasteiger partial charge on any atom is 0.241 e. The Morgan fingerprint density at radius 3 is 2.57 bits per heavy atom. The molecule has 1 aromatic carbocycles. The first-order valence-electron chi connectivity index (χ1n) is 7.17. The topological polar surface area (TPSA) is 87.3 Å². The van der Waals surface area contributed by atoms with Crippen LogP contribution in [-0.2, 0) is 14.8 Å². The molecule has 2 unspecified atom stereocenters. The third-order valence-electron chi connectivity index (χ3n) is 3.49. The predicted molar refractivity (Wildman–Crippen MR) is 92.5 cm³/mol. The van der Waals surface area contributed by atoms with Crippen LogP contribution in [0.1, 0.15) is 19.8 Å². The molecule has 3 N–H and O–H groups in total. The number of nitrogens with one attached hydrogen (secondary N) is 3. The molecule has 0 aromatic heterocycles. The highest BCUT2D eigenvalue weighted by molar-refractivity contribution is 7.89. The molecule has 0 bridgehead atoms. The van der Waals surface area contributed by atoms with Gasteiger partial charge in [-0.2, -0.15) is 4.72 Å². The van der Waals surface area contributed by atoms with Gasteiger partial charge in [0, 0.05) is 17.6 Å². The second-order valence-corrected chi connectivity index (χ2v) is 7.50. The van der Waals surface area contributed by atoms with Crippen LogP contribution in [0.5, 0.6) is 0 Å². The molecule has 2 rings (SSSR count). The number of rotatable bonds is 5. The van der Waals surface area contributed by atoms with Gasteiger partial charge in [-0.05, 0) is 50.6 Å². The van der Waals surface area contributed by atoms with Crippen molar-refractivity contribution >= 4 is 39.9 Å². The maximum atomic E-state index is 12.2. The summed E-state index contributed by atoms with van der Waals surface area (Å²) in [5.74, 6) is -0.328.